The fourth-order valence-electron chi connectivity index (χ4n) is 2.71. The van der Waals surface area contributed by atoms with Crippen LogP contribution in [-0.4, -0.2) is 0 Å². The Hall–Kier alpha value is -1.96. The van der Waals surface area contributed by atoms with Crippen molar-refractivity contribution in [1.29, 1.82) is 0 Å². The molecule has 3 rings (SSSR count). The second-order valence-electron chi connectivity index (χ2n) is 5.19. The molecule has 0 radical (unpaired) electrons. The number of hydrogen-bond donors (Lipinski definition) is 0. The van der Waals surface area contributed by atoms with Crippen molar-refractivity contribution in [3.63, 3.8) is 0 Å². The molecule has 0 aliphatic heterocycles. The highest BCUT2D eigenvalue weighted by atomic mass is 19.1. The predicted octanol–water partition coefficient (Wildman–Crippen LogP) is 4.71. The Morgan fingerprint density at radius 1 is 1.00 bits per heavy atom. The number of allylic oxidation sites excluding steroid dienone is 2. The minimum atomic E-state index is -0.209. The van der Waals surface area contributed by atoms with Gasteiger partial charge in [0.1, 0.15) is 11.6 Å². The first-order chi connectivity index (χ1) is 9.67. The summed E-state index contributed by atoms with van der Waals surface area (Å²) in [7, 11) is 0. The van der Waals surface area contributed by atoms with Gasteiger partial charge in [0, 0.05) is 5.56 Å². The average Bonchev–Trinajstić information content (AvgIpc) is 2.46. The summed E-state index contributed by atoms with van der Waals surface area (Å²) in [6.45, 7) is 2.01. The molecule has 0 fully saturated rings. The molecular weight excluding hydrogens is 254 g/mol. The van der Waals surface area contributed by atoms with Gasteiger partial charge in [0.25, 0.3) is 0 Å². The SMILES string of the molecule is CCc1ccc(C2=CCc3cc(F)ccc3C2)c(F)c1. The number of benzene rings is 2. The largest absolute Gasteiger partial charge is 0.207 e. The van der Waals surface area contributed by atoms with Crippen LogP contribution < -0.4 is 0 Å². The molecule has 20 heavy (non-hydrogen) atoms. The van der Waals surface area contributed by atoms with E-state index < -0.39 is 0 Å². The first-order valence-electron chi connectivity index (χ1n) is 6.92. The lowest BCUT2D eigenvalue weighted by atomic mass is 9.87. The summed E-state index contributed by atoms with van der Waals surface area (Å²) in [5, 5.41) is 0. The second kappa shape index (κ2) is 5.20. The van der Waals surface area contributed by atoms with Crippen LogP contribution in [0.1, 0.15) is 29.2 Å². The zero-order valence-electron chi connectivity index (χ0n) is 11.4. The van der Waals surface area contributed by atoms with E-state index >= 15 is 0 Å². The van der Waals surface area contributed by atoms with Gasteiger partial charge in [-0.05, 0) is 59.7 Å². The van der Waals surface area contributed by atoms with E-state index in [-0.39, 0.29) is 11.6 Å². The third-order valence-electron chi connectivity index (χ3n) is 3.91. The second-order valence-corrected chi connectivity index (χ2v) is 5.19. The first-order valence-corrected chi connectivity index (χ1v) is 6.92. The van der Waals surface area contributed by atoms with Gasteiger partial charge in [-0.3, -0.25) is 0 Å². The van der Waals surface area contributed by atoms with Gasteiger partial charge in [-0.25, -0.2) is 8.78 Å². The highest BCUT2D eigenvalue weighted by molar-refractivity contribution is 5.71. The van der Waals surface area contributed by atoms with Gasteiger partial charge >= 0.3 is 0 Å². The van der Waals surface area contributed by atoms with Crippen LogP contribution in [0, 0.1) is 11.6 Å². The molecule has 2 aromatic rings. The lowest BCUT2D eigenvalue weighted by Crippen LogP contribution is -2.04. The van der Waals surface area contributed by atoms with E-state index in [2.05, 4.69) is 0 Å². The number of hydrogen-bond acceptors (Lipinski definition) is 0. The Morgan fingerprint density at radius 2 is 1.85 bits per heavy atom. The van der Waals surface area contributed by atoms with Crippen LogP contribution in [0.5, 0.6) is 0 Å². The molecule has 0 saturated heterocycles. The minimum Gasteiger partial charge on any atom is -0.207 e. The molecule has 2 aromatic carbocycles. The molecule has 0 saturated carbocycles. The third kappa shape index (κ3) is 2.38. The molecule has 0 nitrogen and oxygen atoms in total. The lowest BCUT2D eigenvalue weighted by molar-refractivity contribution is 0.620. The molecule has 0 heterocycles. The summed E-state index contributed by atoms with van der Waals surface area (Å²) < 4.78 is 27.3. The van der Waals surface area contributed by atoms with E-state index in [0.29, 0.717) is 18.4 Å². The monoisotopic (exact) mass is 270 g/mol. The van der Waals surface area contributed by atoms with Gasteiger partial charge in [0.2, 0.25) is 0 Å². The summed E-state index contributed by atoms with van der Waals surface area (Å²) in [5.41, 5.74) is 4.74. The van der Waals surface area contributed by atoms with Crippen molar-refractivity contribution in [3.05, 3.63) is 76.4 Å². The summed E-state index contributed by atoms with van der Waals surface area (Å²) in [5.74, 6) is -0.375. The van der Waals surface area contributed by atoms with Crippen LogP contribution in [0.3, 0.4) is 0 Å². The van der Waals surface area contributed by atoms with E-state index in [4.69, 9.17) is 0 Å². The molecule has 0 spiro atoms. The van der Waals surface area contributed by atoms with Gasteiger partial charge in [-0.15, -0.1) is 0 Å². The Labute approximate surface area is 117 Å². The van der Waals surface area contributed by atoms with Crippen molar-refractivity contribution < 1.29 is 8.78 Å². The average molecular weight is 270 g/mol. The van der Waals surface area contributed by atoms with E-state index in [1.165, 1.54) is 6.07 Å². The fraction of sp³-hybridized carbons (Fsp3) is 0.222. The minimum absolute atomic E-state index is 0.166. The quantitative estimate of drug-likeness (QED) is 0.741. The maximum absolute atomic E-state index is 14.2. The van der Waals surface area contributed by atoms with E-state index in [0.717, 1.165) is 28.7 Å². The van der Waals surface area contributed by atoms with Gasteiger partial charge in [-0.1, -0.05) is 31.2 Å². The lowest BCUT2D eigenvalue weighted by Gasteiger charge is -2.18. The van der Waals surface area contributed by atoms with Gasteiger partial charge in [-0.2, -0.15) is 0 Å². The van der Waals surface area contributed by atoms with Crippen molar-refractivity contribution >= 4 is 5.57 Å². The standard InChI is InChI=1S/C18H16F2/c1-2-12-3-8-17(18(20)9-12)15-5-4-14-11-16(19)7-6-13(14)10-15/h3,5-9,11H,2,4,10H2,1H3. The molecule has 2 heteroatoms. The Balaban J connectivity index is 1.94. The van der Waals surface area contributed by atoms with E-state index in [1.807, 2.05) is 25.1 Å². The molecule has 102 valence electrons. The van der Waals surface area contributed by atoms with E-state index in [1.54, 1.807) is 18.2 Å². The predicted molar refractivity (Wildman–Crippen MR) is 77.6 cm³/mol. The molecule has 0 atom stereocenters. The van der Waals surface area contributed by atoms with Gasteiger partial charge < -0.3 is 0 Å². The molecular formula is C18H16F2. The fourth-order valence-corrected chi connectivity index (χ4v) is 2.71. The zero-order valence-corrected chi connectivity index (χ0v) is 11.4. The first kappa shape index (κ1) is 13.0. The molecule has 0 amide bonds. The number of halogens is 2. The highest BCUT2D eigenvalue weighted by Crippen LogP contribution is 2.29. The number of aryl methyl sites for hydroxylation is 1. The van der Waals surface area contributed by atoms with E-state index in [9.17, 15) is 8.78 Å². The third-order valence-corrected chi connectivity index (χ3v) is 3.91. The van der Waals surface area contributed by atoms with Crippen LogP contribution in [0.4, 0.5) is 8.78 Å². The van der Waals surface area contributed by atoms with Crippen molar-refractivity contribution in [2.24, 2.45) is 0 Å². The van der Waals surface area contributed by atoms with Crippen molar-refractivity contribution in [3.8, 4) is 0 Å². The van der Waals surface area contributed by atoms with Crippen molar-refractivity contribution in [2.75, 3.05) is 0 Å². The summed E-state index contributed by atoms with van der Waals surface area (Å²) in [6, 6.07) is 10.3. The summed E-state index contributed by atoms with van der Waals surface area (Å²) in [4.78, 5) is 0. The maximum Gasteiger partial charge on any atom is 0.130 e. The van der Waals surface area contributed by atoms with Crippen LogP contribution >= 0.6 is 0 Å². The number of fused-ring (bicyclic) bond motifs is 1. The highest BCUT2D eigenvalue weighted by Gasteiger charge is 2.15. The molecule has 0 aromatic heterocycles. The van der Waals surface area contributed by atoms with Gasteiger partial charge in [0.15, 0.2) is 0 Å². The Bertz CT molecular complexity index is 684. The van der Waals surface area contributed by atoms with Crippen LogP contribution in [0.25, 0.3) is 5.57 Å². The molecule has 1 aliphatic rings. The smallest absolute Gasteiger partial charge is 0.130 e. The van der Waals surface area contributed by atoms with Gasteiger partial charge in [0.05, 0.1) is 0 Å². The van der Waals surface area contributed by atoms with Crippen LogP contribution in [0.15, 0.2) is 42.5 Å². The normalized spacial score (nSPS) is 13.8. The number of rotatable bonds is 2. The van der Waals surface area contributed by atoms with Crippen molar-refractivity contribution in [2.45, 2.75) is 26.2 Å². The molecule has 1 aliphatic carbocycles. The van der Waals surface area contributed by atoms with Crippen LogP contribution in [0.2, 0.25) is 0 Å². The topological polar surface area (TPSA) is 0 Å². The Morgan fingerprint density at radius 3 is 2.60 bits per heavy atom. The molecule has 0 unspecified atom stereocenters. The molecule has 0 bridgehead atoms. The summed E-state index contributed by atoms with van der Waals surface area (Å²) >= 11 is 0. The maximum atomic E-state index is 14.2. The summed E-state index contributed by atoms with van der Waals surface area (Å²) in [6.07, 6.45) is 4.17. The molecule has 0 N–H and O–H groups in total. The van der Waals surface area contributed by atoms with Crippen molar-refractivity contribution in [1.82, 2.24) is 0 Å². The van der Waals surface area contributed by atoms with Crippen LogP contribution in [-0.2, 0) is 19.3 Å². The Kier molecular flexibility index (Phi) is 3.39. The zero-order chi connectivity index (χ0) is 14.1.